The number of thioether (sulfide) groups is 1. The van der Waals surface area contributed by atoms with E-state index in [1.165, 1.54) is 6.42 Å². The SMILES string of the molecule is N#Cc1ccc(CSCC(=O)N2CCCCC2)cc1. The average Bonchev–Trinajstić information content (AvgIpc) is 2.49. The molecule has 2 rings (SSSR count). The first-order valence-electron chi connectivity index (χ1n) is 6.64. The highest BCUT2D eigenvalue weighted by molar-refractivity contribution is 7.99. The maximum atomic E-state index is 12.0. The fourth-order valence-corrected chi connectivity index (χ4v) is 3.05. The van der Waals surface area contributed by atoms with E-state index in [0.717, 1.165) is 37.2 Å². The van der Waals surface area contributed by atoms with E-state index in [4.69, 9.17) is 5.26 Å². The number of piperidine rings is 1. The van der Waals surface area contributed by atoms with Gasteiger partial charge >= 0.3 is 0 Å². The van der Waals surface area contributed by atoms with Gasteiger partial charge in [0.2, 0.25) is 5.91 Å². The number of rotatable bonds is 4. The van der Waals surface area contributed by atoms with E-state index in [2.05, 4.69) is 6.07 Å². The summed E-state index contributed by atoms with van der Waals surface area (Å²) in [7, 11) is 0. The van der Waals surface area contributed by atoms with Crippen molar-refractivity contribution < 1.29 is 4.79 Å². The van der Waals surface area contributed by atoms with Gasteiger partial charge in [-0.15, -0.1) is 11.8 Å². The molecule has 4 heteroatoms. The van der Waals surface area contributed by atoms with Crippen LogP contribution in [0.25, 0.3) is 0 Å². The molecule has 1 aromatic carbocycles. The van der Waals surface area contributed by atoms with Gasteiger partial charge in [0.15, 0.2) is 0 Å². The van der Waals surface area contributed by atoms with Crippen LogP contribution >= 0.6 is 11.8 Å². The van der Waals surface area contributed by atoms with E-state index in [1.54, 1.807) is 11.8 Å². The maximum Gasteiger partial charge on any atom is 0.232 e. The summed E-state index contributed by atoms with van der Waals surface area (Å²) in [5, 5.41) is 8.72. The second-order valence-corrected chi connectivity index (χ2v) is 5.73. The lowest BCUT2D eigenvalue weighted by Gasteiger charge is -2.26. The van der Waals surface area contributed by atoms with Gasteiger partial charge in [-0.1, -0.05) is 12.1 Å². The van der Waals surface area contributed by atoms with Crippen molar-refractivity contribution in [1.82, 2.24) is 4.90 Å². The second kappa shape index (κ2) is 7.20. The first kappa shape index (κ1) is 14.0. The smallest absolute Gasteiger partial charge is 0.232 e. The summed E-state index contributed by atoms with van der Waals surface area (Å²) in [4.78, 5) is 13.9. The van der Waals surface area contributed by atoms with E-state index in [0.29, 0.717) is 11.3 Å². The summed E-state index contributed by atoms with van der Waals surface area (Å²) in [6.45, 7) is 1.85. The minimum atomic E-state index is 0.262. The van der Waals surface area contributed by atoms with Crippen LogP contribution in [0, 0.1) is 11.3 Å². The molecule has 1 aliphatic rings. The van der Waals surface area contributed by atoms with Crippen LogP contribution in [0.5, 0.6) is 0 Å². The summed E-state index contributed by atoms with van der Waals surface area (Å²) in [5.41, 5.74) is 1.84. The van der Waals surface area contributed by atoms with Crippen LogP contribution in [0.1, 0.15) is 30.4 Å². The Morgan fingerprint density at radius 1 is 1.21 bits per heavy atom. The molecule has 0 aliphatic carbocycles. The Balaban J connectivity index is 1.73. The average molecular weight is 274 g/mol. The zero-order valence-electron chi connectivity index (χ0n) is 11.0. The zero-order chi connectivity index (χ0) is 13.5. The molecule has 0 saturated carbocycles. The highest BCUT2D eigenvalue weighted by Crippen LogP contribution is 2.15. The van der Waals surface area contributed by atoms with Crippen molar-refractivity contribution in [2.45, 2.75) is 25.0 Å². The van der Waals surface area contributed by atoms with Crippen molar-refractivity contribution in [3.05, 3.63) is 35.4 Å². The summed E-state index contributed by atoms with van der Waals surface area (Å²) in [6, 6.07) is 9.66. The Bertz CT molecular complexity index is 458. The molecule has 0 aromatic heterocycles. The number of hydrogen-bond acceptors (Lipinski definition) is 3. The molecule has 0 bridgehead atoms. The predicted molar refractivity (Wildman–Crippen MR) is 77.8 cm³/mol. The number of likely N-dealkylation sites (tertiary alicyclic amines) is 1. The van der Waals surface area contributed by atoms with E-state index in [1.807, 2.05) is 29.2 Å². The molecular formula is C15H18N2OS. The molecule has 3 nitrogen and oxygen atoms in total. The topological polar surface area (TPSA) is 44.1 Å². The number of hydrogen-bond donors (Lipinski definition) is 0. The zero-order valence-corrected chi connectivity index (χ0v) is 11.8. The summed E-state index contributed by atoms with van der Waals surface area (Å²) in [5.74, 6) is 1.64. The molecular weight excluding hydrogens is 256 g/mol. The third-order valence-electron chi connectivity index (χ3n) is 3.29. The molecule has 0 N–H and O–H groups in total. The van der Waals surface area contributed by atoms with Gasteiger partial charge in [0.25, 0.3) is 0 Å². The number of nitrogens with zero attached hydrogens (tertiary/aromatic N) is 2. The van der Waals surface area contributed by atoms with Crippen LogP contribution in [0.4, 0.5) is 0 Å². The van der Waals surface area contributed by atoms with Gasteiger partial charge in [0, 0.05) is 18.8 Å². The summed E-state index contributed by atoms with van der Waals surface area (Å²) in [6.07, 6.45) is 3.54. The lowest BCUT2D eigenvalue weighted by molar-refractivity contribution is -0.129. The maximum absolute atomic E-state index is 12.0. The normalized spacial score (nSPS) is 15.0. The molecule has 1 heterocycles. The van der Waals surface area contributed by atoms with Crippen LogP contribution in [-0.4, -0.2) is 29.6 Å². The van der Waals surface area contributed by atoms with Gasteiger partial charge in [-0.25, -0.2) is 0 Å². The molecule has 19 heavy (non-hydrogen) atoms. The van der Waals surface area contributed by atoms with Crippen LogP contribution in [-0.2, 0) is 10.5 Å². The lowest BCUT2D eigenvalue weighted by atomic mass is 10.1. The molecule has 0 atom stereocenters. The van der Waals surface area contributed by atoms with E-state index in [-0.39, 0.29) is 5.91 Å². The third kappa shape index (κ3) is 4.29. The van der Waals surface area contributed by atoms with Crippen molar-refractivity contribution in [3.8, 4) is 6.07 Å². The fourth-order valence-electron chi connectivity index (χ4n) is 2.17. The van der Waals surface area contributed by atoms with Crippen molar-refractivity contribution >= 4 is 17.7 Å². The van der Waals surface area contributed by atoms with Crippen molar-refractivity contribution in [2.75, 3.05) is 18.8 Å². The van der Waals surface area contributed by atoms with Gasteiger partial charge in [-0.2, -0.15) is 5.26 Å². The number of amides is 1. The van der Waals surface area contributed by atoms with Gasteiger partial charge in [0.05, 0.1) is 17.4 Å². The minimum absolute atomic E-state index is 0.262. The van der Waals surface area contributed by atoms with Gasteiger partial charge in [-0.05, 0) is 37.0 Å². The first-order chi connectivity index (χ1) is 9.29. The Kier molecular flexibility index (Phi) is 5.29. The Morgan fingerprint density at radius 2 is 1.89 bits per heavy atom. The molecule has 1 saturated heterocycles. The fraction of sp³-hybridized carbons (Fsp3) is 0.467. The van der Waals surface area contributed by atoms with Crippen molar-refractivity contribution in [3.63, 3.8) is 0 Å². The predicted octanol–water partition coefficient (Wildman–Crippen LogP) is 2.80. The van der Waals surface area contributed by atoms with Crippen LogP contribution < -0.4 is 0 Å². The quantitative estimate of drug-likeness (QED) is 0.848. The monoisotopic (exact) mass is 274 g/mol. The Hall–Kier alpha value is -1.47. The minimum Gasteiger partial charge on any atom is -0.342 e. The summed E-state index contributed by atoms with van der Waals surface area (Å²) < 4.78 is 0. The molecule has 0 spiro atoms. The van der Waals surface area contributed by atoms with E-state index < -0.39 is 0 Å². The number of carbonyl (C=O) groups excluding carboxylic acids is 1. The van der Waals surface area contributed by atoms with E-state index >= 15 is 0 Å². The number of carbonyl (C=O) groups is 1. The molecule has 0 radical (unpaired) electrons. The Morgan fingerprint density at radius 3 is 2.53 bits per heavy atom. The van der Waals surface area contributed by atoms with Gasteiger partial charge < -0.3 is 4.90 Å². The Labute approximate surface area is 118 Å². The van der Waals surface area contributed by atoms with Crippen molar-refractivity contribution in [1.29, 1.82) is 5.26 Å². The molecule has 1 amide bonds. The number of nitriles is 1. The highest BCUT2D eigenvalue weighted by atomic mass is 32.2. The largest absolute Gasteiger partial charge is 0.342 e. The van der Waals surface area contributed by atoms with Crippen LogP contribution in [0.15, 0.2) is 24.3 Å². The lowest BCUT2D eigenvalue weighted by Crippen LogP contribution is -2.36. The van der Waals surface area contributed by atoms with E-state index in [9.17, 15) is 4.79 Å². The second-order valence-electron chi connectivity index (χ2n) is 4.74. The van der Waals surface area contributed by atoms with Gasteiger partial charge in [0.1, 0.15) is 0 Å². The number of benzene rings is 1. The molecule has 1 aromatic rings. The molecule has 0 unspecified atom stereocenters. The molecule has 100 valence electrons. The van der Waals surface area contributed by atoms with Gasteiger partial charge in [-0.3, -0.25) is 4.79 Å². The highest BCUT2D eigenvalue weighted by Gasteiger charge is 2.15. The van der Waals surface area contributed by atoms with Crippen molar-refractivity contribution in [2.24, 2.45) is 0 Å². The standard InChI is InChI=1S/C15H18N2OS/c16-10-13-4-6-14(7-5-13)11-19-12-15(18)17-8-2-1-3-9-17/h4-7H,1-3,8-9,11-12H2. The van der Waals surface area contributed by atoms with Crippen LogP contribution in [0.3, 0.4) is 0 Å². The molecule has 1 aliphatic heterocycles. The first-order valence-corrected chi connectivity index (χ1v) is 7.79. The van der Waals surface area contributed by atoms with Crippen LogP contribution in [0.2, 0.25) is 0 Å². The third-order valence-corrected chi connectivity index (χ3v) is 4.27. The summed E-state index contributed by atoms with van der Waals surface area (Å²) >= 11 is 1.65. The molecule has 1 fully saturated rings.